The first-order chi connectivity index (χ1) is 12.7. The Labute approximate surface area is 158 Å². The lowest BCUT2D eigenvalue weighted by Crippen LogP contribution is -2.52. The van der Waals surface area contributed by atoms with Crippen LogP contribution in [-0.2, 0) is 4.74 Å². The van der Waals surface area contributed by atoms with Gasteiger partial charge in [0, 0.05) is 53.0 Å². The maximum atomic E-state index is 5.63. The summed E-state index contributed by atoms with van der Waals surface area (Å²) in [5.41, 5.74) is 1.17. The zero-order chi connectivity index (χ0) is 18.8. The Balaban J connectivity index is 1.75. The van der Waals surface area contributed by atoms with Crippen LogP contribution in [0.1, 0.15) is 20.3 Å². The van der Waals surface area contributed by atoms with Gasteiger partial charge in [0.05, 0.1) is 12.8 Å². The van der Waals surface area contributed by atoms with Gasteiger partial charge in [0.1, 0.15) is 5.75 Å². The molecule has 6 nitrogen and oxygen atoms in total. The number of rotatable bonds is 8. The zero-order valence-corrected chi connectivity index (χ0v) is 16.7. The van der Waals surface area contributed by atoms with E-state index in [4.69, 9.17) is 9.47 Å². The quantitative estimate of drug-likeness (QED) is 0.437. The first-order valence-corrected chi connectivity index (χ1v) is 9.57. The number of nitrogens with one attached hydrogen (secondary N) is 1. The fourth-order valence-electron chi connectivity index (χ4n) is 3.08. The van der Waals surface area contributed by atoms with Crippen LogP contribution in [0.25, 0.3) is 0 Å². The monoisotopic (exact) mass is 362 g/mol. The average molecular weight is 363 g/mol. The van der Waals surface area contributed by atoms with Crippen LogP contribution < -0.4 is 15.0 Å². The van der Waals surface area contributed by atoms with Crippen LogP contribution in [0.4, 0.5) is 5.69 Å². The van der Waals surface area contributed by atoms with Crippen molar-refractivity contribution in [3.05, 3.63) is 24.3 Å². The number of ether oxygens (including phenoxy) is 2. The summed E-state index contributed by atoms with van der Waals surface area (Å²) >= 11 is 0. The molecule has 0 atom stereocenters. The van der Waals surface area contributed by atoms with Crippen LogP contribution in [-0.4, -0.2) is 71.0 Å². The molecule has 1 saturated heterocycles. The standard InChI is InChI=1S/C20H34N4O2/c1-17(2)16-26-15-7-10-22-20(21-3)24-13-11-23(12-14-24)18-8-5-6-9-19(18)25-4/h5-6,8-9,17H,7,10-16H2,1-4H3,(H,21,22). The summed E-state index contributed by atoms with van der Waals surface area (Å²) in [6.07, 6.45) is 0.993. The molecule has 0 radical (unpaired) electrons. The van der Waals surface area contributed by atoms with E-state index in [0.29, 0.717) is 5.92 Å². The number of para-hydroxylation sites is 2. The Morgan fingerprint density at radius 3 is 2.58 bits per heavy atom. The minimum absolute atomic E-state index is 0.593. The van der Waals surface area contributed by atoms with Crippen LogP contribution in [0, 0.1) is 5.92 Å². The first kappa shape index (κ1) is 20.4. The van der Waals surface area contributed by atoms with Crippen molar-refractivity contribution in [2.24, 2.45) is 10.9 Å². The molecule has 1 aromatic carbocycles. The summed E-state index contributed by atoms with van der Waals surface area (Å²) in [4.78, 5) is 9.13. The second-order valence-electron chi connectivity index (χ2n) is 6.94. The smallest absolute Gasteiger partial charge is 0.193 e. The molecule has 1 aromatic rings. The number of aliphatic imine (C=N–C) groups is 1. The fourth-order valence-corrected chi connectivity index (χ4v) is 3.08. The Kier molecular flexibility index (Phi) is 8.54. The summed E-state index contributed by atoms with van der Waals surface area (Å²) in [6, 6.07) is 8.21. The Morgan fingerprint density at radius 1 is 1.19 bits per heavy atom. The summed E-state index contributed by atoms with van der Waals surface area (Å²) in [6.45, 7) is 10.7. The Morgan fingerprint density at radius 2 is 1.92 bits per heavy atom. The van der Waals surface area contributed by atoms with Gasteiger partial charge in [-0.2, -0.15) is 0 Å². The van der Waals surface area contributed by atoms with Gasteiger partial charge in [-0.05, 0) is 24.5 Å². The second kappa shape index (κ2) is 10.9. The summed E-state index contributed by atoms with van der Waals surface area (Å²) < 4.78 is 11.1. The number of hydrogen-bond donors (Lipinski definition) is 1. The number of piperazine rings is 1. The maximum Gasteiger partial charge on any atom is 0.193 e. The highest BCUT2D eigenvalue weighted by molar-refractivity contribution is 5.80. The molecule has 1 aliphatic heterocycles. The molecule has 1 aliphatic rings. The van der Waals surface area contributed by atoms with Gasteiger partial charge >= 0.3 is 0 Å². The molecule has 0 bridgehead atoms. The SMILES string of the molecule is CN=C(NCCCOCC(C)C)N1CCN(c2ccccc2OC)CC1. The van der Waals surface area contributed by atoms with Crippen molar-refractivity contribution in [3.63, 3.8) is 0 Å². The second-order valence-corrected chi connectivity index (χ2v) is 6.94. The molecule has 6 heteroatoms. The van der Waals surface area contributed by atoms with Crippen molar-refractivity contribution in [1.29, 1.82) is 0 Å². The van der Waals surface area contributed by atoms with Crippen molar-refractivity contribution in [2.45, 2.75) is 20.3 Å². The number of nitrogens with zero attached hydrogens (tertiary/aromatic N) is 3. The average Bonchev–Trinajstić information content (AvgIpc) is 2.67. The lowest BCUT2D eigenvalue weighted by Gasteiger charge is -2.38. The number of hydrogen-bond acceptors (Lipinski definition) is 4. The molecule has 0 spiro atoms. The summed E-state index contributed by atoms with van der Waals surface area (Å²) in [5.74, 6) is 2.51. The van der Waals surface area contributed by atoms with Gasteiger partial charge in [-0.25, -0.2) is 0 Å². The van der Waals surface area contributed by atoms with E-state index in [1.807, 2.05) is 19.2 Å². The van der Waals surface area contributed by atoms with Crippen LogP contribution in [0.3, 0.4) is 0 Å². The van der Waals surface area contributed by atoms with Gasteiger partial charge in [0.2, 0.25) is 0 Å². The molecule has 0 aliphatic carbocycles. The van der Waals surface area contributed by atoms with Gasteiger partial charge in [-0.3, -0.25) is 4.99 Å². The van der Waals surface area contributed by atoms with Crippen molar-refractivity contribution in [1.82, 2.24) is 10.2 Å². The van der Waals surface area contributed by atoms with Crippen molar-refractivity contribution >= 4 is 11.6 Å². The van der Waals surface area contributed by atoms with Crippen LogP contribution in [0.15, 0.2) is 29.3 Å². The molecular weight excluding hydrogens is 328 g/mol. The number of benzene rings is 1. The topological polar surface area (TPSA) is 49.3 Å². The van der Waals surface area contributed by atoms with Crippen molar-refractivity contribution in [2.75, 3.05) is 65.0 Å². The van der Waals surface area contributed by atoms with E-state index in [9.17, 15) is 0 Å². The van der Waals surface area contributed by atoms with Gasteiger partial charge in [-0.15, -0.1) is 0 Å². The number of guanidine groups is 1. The minimum atomic E-state index is 0.593. The zero-order valence-electron chi connectivity index (χ0n) is 16.7. The molecule has 0 saturated carbocycles. The van der Waals surface area contributed by atoms with E-state index in [-0.39, 0.29) is 0 Å². The highest BCUT2D eigenvalue weighted by Crippen LogP contribution is 2.28. The number of anilines is 1. The van der Waals surface area contributed by atoms with Crippen LogP contribution in [0.2, 0.25) is 0 Å². The number of methoxy groups -OCH3 is 1. The van der Waals surface area contributed by atoms with E-state index in [1.165, 1.54) is 5.69 Å². The molecule has 146 valence electrons. The largest absolute Gasteiger partial charge is 0.495 e. The predicted molar refractivity (Wildman–Crippen MR) is 108 cm³/mol. The minimum Gasteiger partial charge on any atom is -0.495 e. The van der Waals surface area contributed by atoms with Crippen molar-refractivity contribution < 1.29 is 9.47 Å². The third-order valence-corrected chi connectivity index (χ3v) is 4.42. The normalized spacial score (nSPS) is 15.5. The van der Waals surface area contributed by atoms with Gasteiger partial charge in [-0.1, -0.05) is 26.0 Å². The summed E-state index contributed by atoms with van der Waals surface area (Å²) in [7, 11) is 3.58. The summed E-state index contributed by atoms with van der Waals surface area (Å²) in [5, 5.41) is 3.46. The molecule has 26 heavy (non-hydrogen) atoms. The Bertz CT molecular complexity index is 554. The molecule has 1 N–H and O–H groups in total. The molecule has 0 unspecified atom stereocenters. The van der Waals surface area contributed by atoms with E-state index < -0.39 is 0 Å². The van der Waals surface area contributed by atoms with E-state index in [2.05, 4.69) is 46.1 Å². The predicted octanol–water partition coefficient (Wildman–Crippen LogP) is 2.46. The molecular formula is C20H34N4O2. The van der Waals surface area contributed by atoms with Gasteiger partial charge in [0.25, 0.3) is 0 Å². The van der Waals surface area contributed by atoms with Crippen LogP contribution >= 0.6 is 0 Å². The third-order valence-electron chi connectivity index (χ3n) is 4.42. The van der Waals surface area contributed by atoms with E-state index in [1.54, 1.807) is 7.11 Å². The highest BCUT2D eigenvalue weighted by Gasteiger charge is 2.21. The molecule has 1 heterocycles. The Hall–Kier alpha value is -1.95. The molecule has 1 fully saturated rings. The maximum absolute atomic E-state index is 5.63. The first-order valence-electron chi connectivity index (χ1n) is 9.57. The van der Waals surface area contributed by atoms with E-state index in [0.717, 1.165) is 64.1 Å². The fraction of sp³-hybridized carbons (Fsp3) is 0.650. The third kappa shape index (κ3) is 6.09. The molecule has 0 aromatic heterocycles. The highest BCUT2D eigenvalue weighted by atomic mass is 16.5. The lowest BCUT2D eigenvalue weighted by atomic mass is 10.2. The molecule has 0 amide bonds. The van der Waals surface area contributed by atoms with Gasteiger partial charge in [0.15, 0.2) is 5.96 Å². The molecule has 2 rings (SSSR count). The lowest BCUT2D eigenvalue weighted by molar-refractivity contribution is 0.108. The van der Waals surface area contributed by atoms with Crippen molar-refractivity contribution in [3.8, 4) is 5.75 Å². The van der Waals surface area contributed by atoms with E-state index >= 15 is 0 Å². The van der Waals surface area contributed by atoms with Crippen LogP contribution in [0.5, 0.6) is 5.75 Å². The van der Waals surface area contributed by atoms with Gasteiger partial charge < -0.3 is 24.6 Å².